The predicted octanol–water partition coefficient (Wildman–Crippen LogP) is 2.34. The van der Waals surface area contributed by atoms with Crippen LogP contribution in [0.1, 0.15) is 18.9 Å². The van der Waals surface area contributed by atoms with Gasteiger partial charge >= 0.3 is 0 Å². The summed E-state index contributed by atoms with van der Waals surface area (Å²) in [5, 5.41) is 3.27. The van der Waals surface area contributed by atoms with Crippen LogP contribution < -0.4 is 5.32 Å². The lowest BCUT2D eigenvalue weighted by atomic mass is 10.1. The van der Waals surface area contributed by atoms with Crippen molar-refractivity contribution in [1.29, 1.82) is 0 Å². The molecule has 0 spiro atoms. The Bertz CT molecular complexity index is 521. The van der Waals surface area contributed by atoms with Crippen LogP contribution in [-0.4, -0.2) is 29.3 Å². The van der Waals surface area contributed by atoms with Crippen molar-refractivity contribution in [1.82, 2.24) is 10.2 Å². The van der Waals surface area contributed by atoms with Gasteiger partial charge in [-0.05, 0) is 24.1 Å². The Hall–Kier alpha value is -1.07. The predicted molar refractivity (Wildman–Crippen MR) is 76.8 cm³/mol. The van der Waals surface area contributed by atoms with Gasteiger partial charge in [-0.15, -0.1) is 0 Å². The van der Waals surface area contributed by atoms with Crippen molar-refractivity contribution in [2.75, 3.05) is 6.54 Å². The third-order valence-corrected chi connectivity index (χ3v) is 3.91. The first-order valence-electron chi connectivity index (χ1n) is 6.03. The Labute approximate surface area is 125 Å². The molecule has 1 aromatic carbocycles. The highest BCUT2D eigenvalue weighted by Crippen LogP contribution is 2.23. The normalized spacial score (nSPS) is 19.5. The van der Waals surface area contributed by atoms with Gasteiger partial charge in [0.2, 0.25) is 11.8 Å². The Morgan fingerprint density at radius 3 is 2.84 bits per heavy atom. The molecule has 1 fully saturated rings. The van der Waals surface area contributed by atoms with E-state index in [1.165, 1.54) is 0 Å². The smallest absolute Gasteiger partial charge is 0.245 e. The van der Waals surface area contributed by atoms with Crippen molar-refractivity contribution < 1.29 is 9.59 Å². The average molecular weight is 346 g/mol. The van der Waals surface area contributed by atoms with E-state index >= 15 is 0 Å². The summed E-state index contributed by atoms with van der Waals surface area (Å²) in [4.78, 5) is 25.3. The maximum Gasteiger partial charge on any atom is 0.245 e. The maximum absolute atomic E-state index is 12.1. The van der Waals surface area contributed by atoms with E-state index in [1.54, 1.807) is 11.0 Å². The fraction of sp³-hybridized carbons (Fsp3) is 0.385. The molecule has 1 heterocycles. The lowest BCUT2D eigenvalue weighted by Crippen LogP contribution is -2.57. The van der Waals surface area contributed by atoms with Gasteiger partial charge < -0.3 is 10.2 Å². The van der Waals surface area contributed by atoms with Crippen LogP contribution in [0.3, 0.4) is 0 Å². The number of rotatable bonds is 3. The van der Waals surface area contributed by atoms with E-state index in [0.29, 0.717) is 18.0 Å². The molecule has 2 amide bonds. The van der Waals surface area contributed by atoms with E-state index in [4.69, 9.17) is 11.6 Å². The van der Waals surface area contributed by atoms with Gasteiger partial charge in [0.25, 0.3) is 0 Å². The number of nitrogens with one attached hydrogen (secondary N) is 1. The number of piperazine rings is 1. The lowest BCUT2D eigenvalue weighted by molar-refractivity contribution is -0.144. The highest BCUT2D eigenvalue weighted by Gasteiger charge is 2.31. The summed E-state index contributed by atoms with van der Waals surface area (Å²) in [6.45, 7) is 2.32. The van der Waals surface area contributed by atoms with E-state index in [-0.39, 0.29) is 18.4 Å². The summed E-state index contributed by atoms with van der Waals surface area (Å²) in [6, 6.07) is 5.08. The van der Waals surface area contributed by atoms with Crippen molar-refractivity contribution in [3.63, 3.8) is 0 Å². The molecule has 1 atom stereocenters. The number of halogens is 2. The molecule has 1 N–H and O–H groups in total. The van der Waals surface area contributed by atoms with Gasteiger partial charge in [-0.25, -0.2) is 0 Å². The van der Waals surface area contributed by atoms with Crippen molar-refractivity contribution in [3.8, 4) is 0 Å². The van der Waals surface area contributed by atoms with Crippen molar-refractivity contribution in [2.45, 2.75) is 25.9 Å². The molecule has 19 heavy (non-hydrogen) atoms. The van der Waals surface area contributed by atoms with Gasteiger partial charge in [0.1, 0.15) is 6.04 Å². The second-order valence-corrected chi connectivity index (χ2v) is 5.78. The second-order valence-electron chi connectivity index (χ2n) is 4.46. The number of hydrogen-bond acceptors (Lipinski definition) is 2. The van der Waals surface area contributed by atoms with Gasteiger partial charge in [-0.1, -0.05) is 40.5 Å². The molecular weight excluding hydrogens is 332 g/mol. The molecule has 2 rings (SSSR count). The molecule has 1 aliphatic rings. The largest absolute Gasteiger partial charge is 0.343 e. The quantitative estimate of drug-likeness (QED) is 0.914. The minimum absolute atomic E-state index is 0.0546. The van der Waals surface area contributed by atoms with Gasteiger partial charge in [0.15, 0.2) is 0 Å². The molecule has 0 aromatic heterocycles. The minimum Gasteiger partial charge on any atom is -0.343 e. The Balaban J connectivity index is 2.17. The van der Waals surface area contributed by atoms with Gasteiger partial charge in [0, 0.05) is 16.0 Å². The highest BCUT2D eigenvalue weighted by molar-refractivity contribution is 9.10. The molecule has 1 saturated heterocycles. The van der Waals surface area contributed by atoms with E-state index in [1.807, 2.05) is 19.1 Å². The van der Waals surface area contributed by atoms with Crippen molar-refractivity contribution >= 4 is 39.3 Å². The number of benzene rings is 1. The zero-order chi connectivity index (χ0) is 14.0. The second kappa shape index (κ2) is 5.92. The molecular formula is C13H14BrClN2O2. The first-order chi connectivity index (χ1) is 9.01. The summed E-state index contributed by atoms with van der Waals surface area (Å²) in [6.07, 6.45) is 0.592. The van der Waals surface area contributed by atoms with E-state index < -0.39 is 6.04 Å². The first kappa shape index (κ1) is 14.3. The molecule has 1 unspecified atom stereocenters. The third-order valence-electron chi connectivity index (χ3n) is 3.06. The van der Waals surface area contributed by atoms with Crippen LogP contribution in [0.15, 0.2) is 22.7 Å². The van der Waals surface area contributed by atoms with Gasteiger partial charge in [0.05, 0.1) is 6.54 Å². The number of carbonyl (C=O) groups excluding carboxylic acids is 2. The third kappa shape index (κ3) is 3.28. The molecule has 102 valence electrons. The van der Waals surface area contributed by atoms with Crippen LogP contribution in [0, 0.1) is 0 Å². The van der Waals surface area contributed by atoms with Crippen molar-refractivity contribution in [2.24, 2.45) is 0 Å². The van der Waals surface area contributed by atoms with Crippen LogP contribution in [0.5, 0.6) is 0 Å². The van der Waals surface area contributed by atoms with Crippen LogP contribution >= 0.6 is 27.5 Å². The Morgan fingerprint density at radius 2 is 2.21 bits per heavy atom. The highest BCUT2D eigenvalue weighted by atomic mass is 79.9. The van der Waals surface area contributed by atoms with Crippen LogP contribution in [-0.2, 0) is 16.1 Å². The molecule has 0 aliphatic carbocycles. The maximum atomic E-state index is 12.1. The summed E-state index contributed by atoms with van der Waals surface area (Å²) >= 11 is 9.47. The zero-order valence-corrected chi connectivity index (χ0v) is 12.8. The molecule has 0 radical (unpaired) electrons. The average Bonchev–Trinajstić information content (AvgIpc) is 2.36. The SMILES string of the molecule is CCC1NC(=O)CN(Cc2ccc(Br)cc2Cl)C1=O. The standard InChI is InChI=1S/C13H14BrClN2O2/c1-2-11-13(19)17(7-12(18)16-11)6-8-3-4-9(14)5-10(8)15/h3-5,11H,2,6-7H2,1H3,(H,16,18). The minimum atomic E-state index is -0.421. The molecule has 0 saturated carbocycles. The summed E-state index contributed by atoms with van der Waals surface area (Å²) in [7, 11) is 0. The first-order valence-corrected chi connectivity index (χ1v) is 7.20. The van der Waals surface area contributed by atoms with E-state index in [2.05, 4.69) is 21.2 Å². The van der Waals surface area contributed by atoms with Gasteiger partial charge in [-0.2, -0.15) is 0 Å². The zero-order valence-electron chi connectivity index (χ0n) is 10.5. The van der Waals surface area contributed by atoms with E-state index in [0.717, 1.165) is 10.0 Å². The van der Waals surface area contributed by atoms with E-state index in [9.17, 15) is 9.59 Å². The molecule has 1 aromatic rings. The van der Waals surface area contributed by atoms with Crippen LogP contribution in [0.2, 0.25) is 5.02 Å². The lowest BCUT2D eigenvalue weighted by Gasteiger charge is -2.32. The number of carbonyl (C=O) groups is 2. The Morgan fingerprint density at radius 1 is 1.47 bits per heavy atom. The molecule has 0 bridgehead atoms. The van der Waals surface area contributed by atoms with Gasteiger partial charge in [-0.3, -0.25) is 9.59 Å². The summed E-state index contributed by atoms with van der Waals surface area (Å²) in [5.74, 6) is -0.180. The summed E-state index contributed by atoms with van der Waals surface area (Å²) in [5.41, 5.74) is 0.836. The molecule has 6 heteroatoms. The Kier molecular flexibility index (Phi) is 4.47. The van der Waals surface area contributed by atoms with Crippen LogP contribution in [0.25, 0.3) is 0 Å². The fourth-order valence-corrected chi connectivity index (χ4v) is 2.77. The number of nitrogens with zero attached hydrogens (tertiary/aromatic N) is 1. The summed E-state index contributed by atoms with van der Waals surface area (Å²) < 4.78 is 0.885. The fourth-order valence-electron chi connectivity index (χ4n) is 2.04. The molecule has 1 aliphatic heterocycles. The topological polar surface area (TPSA) is 49.4 Å². The monoisotopic (exact) mass is 344 g/mol. The van der Waals surface area contributed by atoms with Crippen LogP contribution in [0.4, 0.5) is 0 Å². The van der Waals surface area contributed by atoms with Crippen molar-refractivity contribution in [3.05, 3.63) is 33.3 Å². The molecule has 4 nitrogen and oxygen atoms in total. The number of hydrogen-bond donors (Lipinski definition) is 1. The number of amides is 2.